The molecule has 7 heteroatoms. The van der Waals surface area contributed by atoms with Gasteiger partial charge in [-0.3, -0.25) is 4.79 Å². The van der Waals surface area contributed by atoms with Gasteiger partial charge < -0.3 is 19.6 Å². The maximum absolute atomic E-state index is 12.5. The van der Waals surface area contributed by atoms with E-state index in [0.717, 1.165) is 56.4 Å². The molecule has 0 bridgehead atoms. The van der Waals surface area contributed by atoms with Crippen LogP contribution in [-0.2, 0) is 17.8 Å². The number of aryl methyl sites for hydroxylation is 1. The summed E-state index contributed by atoms with van der Waals surface area (Å²) in [6.07, 6.45) is 7.49. The molecule has 2 aliphatic heterocycles. The maximum atomic E-state index is 12.5. The number of carbonyl (C=O) groups is 1. The molecule has 5 rings (SSSR count). The zero-order chi connectivity index (χ0) is 28.4. The molecule has 210 valence electrons. The Labute approximate surface area is 238 Å². The molecule has 0 N–H and O–H groups in total. The Morgan fingerprint density at radius 1 is 1.10 bits per heavy atom. The summed E-state index contributed by atoms with van der Waals surface area (Å²) in [4.78, 5) is 31.7. The van der Waals surface area contributed by atoms with E-state index in [4.69, 9.17) is 9.97 Å². The van der Waals surface area contributed by atoms with Crippen molar-refractivity contribution in [2.24, 2.45) is 0 Å². The second kappa shape index (κ2) is 11.8. The van der Waals surface area contributed by atoms with Crippen molar-refractivity contribution < 1.29 is 4.79 Å². The first-order valence-electron chi connectivity index (χ1n) is 14.4. The van der Waals surface area contributed by atoms with Crippen LogP contribution in [0.1, 0.15) is 42.9 Å². The fourth-order valence-electron chi connectivity index (χ4n) is 6.08. The molecule has 1 saturated heterocycles. The molecule has 0 spiro atoms. The smallest absolute Gasteiger partial charge is 0.246 e. The third-order valence-electron chi connectivity index (χ3n) is 8.22. The molecule has 1 amide bonds. The van der Waals surface area contributed by atoms with Crippen LogP contribution in [0.4, 0.5) is 11.5 Å². The Bertz CT molecular complexity index is 1420. The van der Waals surface area contributed by atoms with Crippen LogP contribution in [0.5, 0.6) is 0 Å². The minimum atomic E-state index is -0.00532. The van der Waals surface area contributed by atoms with Crippen molar-refractivity contribution in [1.82, 2.24) is 19.8 Å². The standard InChI is InChI=1S/C33H42N6O/c1-7-31(40)38-20-25(4)39(21-24(38)3)33-27-17-19-37(29-15-11-14-26-13-10-12-23(2)32(26)29)22-28(27)34-30(35-33)16-8-9-18-36(5)6/h7-8,10-16,24-25H,1,9,17-22H2,2-6H3/b16-8+/t24-,25+/m1/s1. The van der Waals surface area contributed by atoms with Gasteiger partial charge in [0.25, 0.3) is 0 Å². The highest BCUT2D eigenvalue weighted by atomic mass is 16.2. The molecule has 1 fully saturated rings. The number of amides is 1. The van der Waals surface area contributed by atoms with E-state index in [2.05, 4.69) is 105 Å². The quantitative estimate of drug-likeness (QED) is 0.391. The number of benzene rings is 2. The van der Waals surface area contributed by atoms with Gasteiger partial charge in [0.15, 0.2) is 5.82 Å². The Morgan fingerprint density at radius 3 is 2.62 bits per heavy atom. The molecule has 40 heavy (non-hydrogen) atoms. The first-order valence-corrected chi connectivity index (χ1v) is 14.4. The van der Waals surface area contributed by atoms with Crippen LogP contribution in [0.3, 0.4) is 0 Å². The monoisotopic (exact) mass is 538 g/mol. The first kappa shape index (κ1) is 27.8. The molecule has 7 nitrogen and oxygen atoms in total. The number of hydrogen-bond acceptors (Lipinski definition) is 6. The average Bonchev–Trinajstić information content (AvgIpc) is 2.95. The van der Waals surface area contributed by atoms with Gasteiger partial charge in [-0.1, -0.05) is 43.0 Å². The summed E-state index contributed by atoms with van der Waals surface area (Å²) in [5.74, 6) is 1.78. The summed E-state index contributed by atoms with van der Waals surface area (Å²) in [5.41, 5.74) is 4.89. The van der Waals surface area contributed by atoms with Gasteiger partial charge in [-0.2, -0.15) is 0 Å². The van der Waals surface area contributed by atoms with Crippen molar-refractivity contribution in [3.63, 3.8) is 0 Å². The number of rotatable bonds is 7. The maximum Gasteiger partial charge on any atom is 0.246 e. The second-order valence-corrected chi connectivity index (χ2v) is 11.5. The normalized spacial score (nSPS) is 19.5. The van der Waals surface area contributed by atoms with Crippen LogP contribution in [0.25, 0.3) is 16.8 Å². The lowest BCUT2D eigenvalue weighted by Crippen LogP contribution is -2.58. The zero-order valence-corrected chi connectivity index (χ0v) is 24.6. The minimum absolute atomic E-state index is 0.00532. The van der Waals surface area contributed by atoms with Gasteiger partial charge in [-0.05, 0) is 76.9 Å². The molecule has 3 aromatic rings. The summed E-state index contributed by atoms with van der Waals surface area (Å²) >= 11 is 0. The molecule has 0 saturated carbocycles. The third-order valence-corrected chi connectivity index (χ3v) is 8.22. The number of fused-ring (bicyclic) bond motifs is 2. The van der Waals surface area contributed by atoms with Gasteiger partial charge in [0, 0.05) is 54.9 Å². The molecule has 3 heterocycles. The van der Waals surface area contributed by atoms with Crippen LogP contribution in [0.15, 0.2) is 55.1 Å². The Balaban J connectivity index is 1.52. The van der Waals surface area contributed by atoms with Gasteiger partial charge in [0.1, 0.15) is 5.82 Å². The van der Waals surface area contributed by atoms with E-state index < -0.39 is 0 Å². The van der Waals surface area contributed by atoms with Crippen LogP contribution < -0.4 is 9.80 Å². The van der Waals surface area contributed by atoms with E-state index in [9.17, 15) is 4.79 Å². The van der Waals surface area contributed by atoms with Crippen molar-refractivity contribution in [3.8, 4) is 0 Å². The van der Waals surface area contributed by atoms with E-state index in [1.54, 1.807) is 0 Å². The molecule has 0 unspecified atom stereocenters. The Kier molecular flexibility index (Phi) is 8.22. The highest BCUT2D eigenvalue weighted by Gasteiger charge is 2.34. The highest BCUT2D eigenvalue weighted by Crippen LogP contribution is 2.35. The number of carbonyl (C=O) groups excluding carboxylic acids is 1. The van der Waals surface area contributed by atoms with Crippen LogP contribution in [0.2, 0.25) is 0 Å². The predicted octanol–water partition coefficient (Wildman–Crippen LogP) is 5.08. The number of anilines is 2. The minimum Gasteiger partial charge on any atom is -0.365 e. The van der Waals surface area contributed by atoms with Crippen LogP contribution in [-0.4, -0.2) is 78.0 Å². The van der Waals surface area contributed by atoms with E-state index in [0.29, 0.717) is 6.54 Å². The lowest BCUT2D eigenvalue weighted by atomic mass is 9.99. The molecular formula is C33H42N6O. The fraction of sp³-hybridized carbons (Fsp3) is 0.424. The zero-order valence-electron chi connectivity index (χ0n) is 24.6. The molecule has 1 aromatic heterocycles. The molecule has 2 aliphatic rings. The van der Waals surface area contributed by atoms with E-state index in [-0.39, 0.29) is 18.0 Å². The summed E-state index contributed by atoms with van der Waals surface area (Å²) in [6, 6.07) is 13.3. The summed E-state index contributed by atoms with van der Waals surface area (Å²) in [7, 11) is 4.18. The van der Waals surface area contributed by atoms with Crippen molar-refractivity contribution in [1.29, 1.82) is 0 Å². The van der Waals surface area contributed by atoms with Gasteiger partial charge >= 0.3 is 0 Å². The molecule has 2 aromatic carbocycles. The van der Waals surface area contributed by atoms with Gasteiger partial charge in [-0.25, -0.2) is 9.97 Å². The van der Waals surface area contributed by atoms with Crippen molar-refractivity contribution in [2.45, 2.75) is 52.2 Å². The summed E-state index contributed by atoms with van der Waals surface area (Å²) in [6.45, 7) is 14.2. The fourth-order valence-corrected chi connectivity index (χ4v) is 6.08. The van der Waals surface area contributed by atoms with Crippen molar-refractivity contribution in [2.75, 3.05) is 50.1 Å². The lowest BCUT2D eigenvalue weighted by molar-refractivity contribution is -0.128. The number of aromatic nitrogens is 2. The van der Waals surface area contributed by atoms with Crippen LogP contribution >= 0.6 is 0 Å². The third kappa shape index (κ3) is 5.61. The predicted molar refractivity (Wildman–Crippen MR) is 166 cm³/mol. The van der Waals surface area contributed by atoms with Gasteiger partial charge in [0.2, 0.25) is 5.91 Å². The molecule has 0 radical (unpaired) electrons. The molecule has 0 aliphatic carbocycles. The lowest BCUT2D eigenvalue weighted by Gasteiger charge is -2.45. The number of hydrogen-bond donors (Lipinski definition) is 0. The largest absolute Gasteiger partial charge is 0.365 e. The van der Waals surface area contributed by atoms with Crippen LogP contribution in [0, 0.1) is 6.92 Å². The van der Waals surface area contributed by atoms with E-state index in [1.807, 2.05) is 4.90 Å². The number of piperazine rings is 1. The topological polar surface area (TPSA) is 55.8 Å². The highest BCUT2D eigenvalue weighted by molar-refractivity contribution is 5.97. The molecular weight excluding hydrogens is 496 g/mol. The summed E-state index contributed by atoms with van der Waals surface area (Å²) in [5, 5.41) is 2.59. The van der Waals surface area contributed by atoms with Crippen molar-refractivity contribution >= 4 is 34.3 Å². The van der Waals surface area contributed by atoms with Gasteiger partial charge in [0.05, 0.1) is 12.2 Å². The van der Waals surface area contributed by atoms with E-state index >= 15 is 0 Å². The summed E-state index contributed by atoms with van der Waals surface area (Å²) < 4.78 is 0. The Hall–Kier alpha value is -3.71. The number of nitrogens with zero attached hydrogens (tertiary/aromatic N) is 6. The molecule has 2 atom stereocenters. The van der Waals surface area contributed by atoms with E-state index in [1.165, 1.54) is 33.7 Å². The average molecular weight is 539 g/mol. The van der Waals surface area contributed by atoms with Gasteiger partial charge in [-0.15, -0.1) is 0 Å². The second-order valence-electron chi connectivity index (χ2n) is 11.5. The SMILES string of the molecule is C=CC(=O)N1C[C@H](C)N(c2nc(/C=C/CCN(C)C)nc3c2CCN(c2cccc4cccc(C)c24)C3)C[C@H]1C. The first-order chi connectivity index (χ1) is 19.3. The van der Waals surface area contributed by atoms with Crippen molar-refractivity contribution in [3.05, 3.63) is 77.8 Å². The Morgan fingerprint density at radius 2 is 1.88 bits per heavy atom.